The predicted molar refractivity (Wildman–Crippen MR) is 102 cm³/mol. The molecule has 0 aliphatic heterocycles. The van der Waals surface area contributed by atoms with Crippen molar-refractivity contribution >= 4 is 11.6 Å². The van der Waals surface area contributed by atoms with Gasteiger partial charge in [-0.15, -0.1) is 0 Å². The van der Waals surface area contributed by atoms with E-state index < -0.39 is 0 Å². The van der Waals surface area contributed by atoms with E-state index in [1.165, 1.54) is 64.2 Å². The maximum Gasteiger partial charge on any atom is 0.224 e. The molecule has 0 unspecified atom stereocenters. The van der Waals surface area contributed by atoms with Crippen molar-refractivity contribution in [2.45, 2.75) is 90.4 Å². The van der Waals surface area contributed by atoms with Gasteiger partial charge in [-0.25, -0.2) is 0 Å². The van der Waals surface area contributed by atoms with Gasteiger partial charge < -0.3 is 10.4 Å². The Morgan fingerprint density at radius 1 is 0.833 bits per heavy atom. The first-order valence-corrected chi connectivity index (χ1v) is 9.82. The third-order valence-electron chi connectivity index (χ3n) is 4.44. The molecule has 0 atom stereocenters. The number of phenolic OH excluding ortho intramolecular Hbond substituents is 1. The van der Waals surface area contributed by atoms with Gasteiger partial charge in [-0.3, -0.25) is 4.79 Å². The Morgan fingerprint density at radius 3 is 1.88 bits per heavy atom. The number of rotatable bonds is 14. The Kier molecular flexibility index (Phi) is 11.9. The molecule has 0 heterocycles. The monoisotopic (exact) mass is 333 g/mol. The quantitative estimate of drug-likeness (QED) is 0.305. The van der Waals surface area contributed by atoms with E-state index in [4.69, 9.17) is 0 Å². The van der Waals surface area contributed by atoms with Crippen LogP contribution in [0.4, 0.5) is 5.69 Å². The summed E-state index contributed by atoms with van der Waals surface area (Å²) in [6.45, 7) is 2.26. The minimum absolute atomic E-state index is 0.0106. The summed E-state index contributed by atoms with van der Waals surface area (Å²) in [5, 5.41) is 12.4. The minimum atomic E-state index is -0.0106. The average Bonchev–Trinajstić information content (AvgIpc) is 2.58. The van der Waals surface area contributed by atoms with E-state index in [0.29, 0.717) is 12.1 Å². The molecule has 2 N–H and O–H groups in total. The molecule has 0 saturated carbocycles. The molecule has 0 saturated heterocycles. The molecule has 0 fully saturated rings. The molecule has 1 amide bonds. The second kappa shape index (κ2) is 13.9. The molecular weight excluding hydrogens is 298 g/mol. The highest BCUT2D eigenvalue weighted by Gasteiger charge is 2.05. The Morgan fingerprint density at radius 2 is 1.33 bits per heavy atom. The molecule has 0 bridgehead atoms. The van der Waals surface area contributed by atoms with Crippen LogP contribution < -0.4 is 5.32 Å². The summed E-state index contributed by atoms with van der Waals surface area (Å²) in [5.74, 6) is 0.115. The fourth-order valence-corrected chi connectivity index (χ4v) is 2.92. The van der Waals surface area contributed by atoms with Crippen LogP contribution in [0.5, 0.6) is 5.75 Å². The smallest absolute Gasteiger partial charge is 0.224 e. The van der Waals surface area contributed by atoms with Crippen LogP contribution in [0.25, 0.3) is 0 Å². The van der Waals surface area contributed by atoms with Crippen molar-refractivity contribution in [2.75, 3.05) is 5.32 Å². The first kappa shape index (κ1) is 20.5. The van der Waals surface area contributed by atoms with Crippen LogP contribution in [0.1, 0.15) is 90.4 Å². The van der Waals surface area contributed by atoms with Crippen molar-refractivity contribution < 1.29 is 9.90 Å². The van der Waals surface area contributed by atoms with Gasteiger partial charge in [0.25, 0.3) is 0 Å². The summed E-state index contributed by atoms with van der Waals surface area (Å²) in [6.07, 6.45) is 16.1. The van der Waals surface area contributed by atoms with Gasteiger partial charge >= 0.3 is 0 Å². The molecule has 3 heteroatoms. The second-order valence-corrected chi connectivity index (χ2v) is 6.70. The highest BCUT2D eigenvalue weighted by Crippen LogP contribution is 2.21. The zero-order valence-corrected chi connectivity index (χ0v) is 15.4. The summed E-state index contributed by atoms with van der Waals surface area (Å²) in [7, 11) is 0. The van der Waals surface area contributed by atoms with E-state index >= 15 is 0 Å². The molecule has 0 radical (unpaired) electrons. The Labute approximate surface area is 147 Å². The third-order valence-corrected chi connectivity index (χ3v) is 4.44. The maximum atomic E-state index is 11.8. The van der Waals surface area contributed by atoms with Crippen LogP contribution in [0.15, 0.2) is 24.3 Å². The van der Waals surface area contributed by atoms with Gasteiger partial charge in [-0.1, -0.05) is 89.7 Å². The number of aromatic hydroxyl groups is 1. The van der Waals surface area contributed by atoms with E-state index in [1.54, 1.807) is 24.3 Å². The lowest BCUT2D eigenvalue weighted by Crippen LogP contribution is -2.11. The molecule has 1 rings (SSSR count). The fraction of sp³-hybridized carbons (Fsp3) is 0.667. The zero-order valence-electron chi connectivity index (χ0n) is 15.4. The second-order valence-electron chi connectivity index (χ2n) is 6.70. The van der Waals surface area contributed by atoms with Crippen molar-refractivity contribution in [1.82, 2.24) is 0 Å². The van der Waals surface area contributed by atoms with Gasteiger partial charge in [0, 0.05) is 6.42 Å². The number of para-hydroxylation sites is 2. The van der Waals surface area contributed by atoms with E-state index in [1.807, 2.05) is 0 Å². The number of carbonyl (C=O) groups is 1. The van der Waals surface area contributed by atoms with Gasteiger partial charge in [-0.2, -0.15) is 0 Å². The SMILES string of the molecule is CCCCCCCCCCCCCCC(=O)Nc1ccccc1O. The largest absolute Gasteiger partial charge is 0.506 e. The number of anilines is 1. The molecule has 3 nitrogen and oxygen atoms in total. The van der Waals surface area contributed by atoms with Gasteiger partial charge in [0.1, 0.15) is 5.75 Å². The van der Waals surface area contributed by atoms with Crippen LogP contribution in [-0.4, -0.2) is 11.0 Å². The normalized spacial score (nSPS) is 10.7. The Hall–Kier alpha value is -1.51. The molecule has 24 heavy (non-hydrogen) atoms. The highest BCUT2D eigenvalue weighted by molar-refractivity contribution is 5.92. The van der Waals surface area contributed by atoms with Crippen LogP contribution in [0.2, 0.25) is 0 Å². The molecule has 1 aromatic rings. The van der Waals surface area contributed by atoms with E-state index in [0.717, 1.165) is 12.8 Å². The summed E-state index contributed by atoms with van der Waals surface area (Å²) >= 11 is 0. The lowest BCUT2D eigenvalue weighted by molar-refractivity contribution is -0.116. The Balaban J connectivity index is 1.90. The summed E-state index contributed by atoms with van der Waals surface area (Å²) in [4.78, 5) is 11.8. The van der Waals surface area contributed by atoms with Crippen molar-refractivity contribution in [3.63, 3.8) is 0 Å². The van der Waals surface area contributed by atoms with E-state index in [2.05, 4.69) is 12.2 Å². The number of amides is 1. The van der Waals surface area contributed by atoms with Gasteiger partial charge in [0.15, 0.2) is 0 Å². The fourth-order valence-electron chi connectivity index (χ4n) is 2.92. The number of carbonyl (C=O) groups excluding carboxylic acids is 1. The third kappa shape index (κ3) is 10.3. The molecule has 136 valence electrons. The van der Waals surface area contributed by atoms with E-state index in [-0.39, 0.29) is 11.7 Å². The molecular formula is C21H35NO2. The van der Waals surface area contributed by atoms with Crippen LogP contribution >= 0.6 is 0 Å². The highest BCUT2D eigenvalue weighted by atomic mass is 16.3. The van der Waals surface area contributed by atoms with Crippen molar-refractivity contribution in [3.8, 4) is 5.75 Å². The average molecular weight is 334 g/mol. The van der Waals surface area contributed by atoms with Gasteiger partial charge in [-0.05, 0) is 18.6 Å². The standard InChI is InChI=1S/C21H35NO2/c1-2-3-4-5-6-7-8-9-10-11-12-13-18-21(24)22-19-16-14-15-17-20(19)23/h14-17,23H,2-13,18H2,1H3,(H,22,24). The van der Waals surface area contributed by atoms with E-state index in [9.17, 15) is 9.90 Å². The number of hydrogen-bond donors (Lipinski definition) is 2. The lowest BCUT2D eigenvalue weighted by atomic mass is 10.0. The van der Waals surface area contributed by atoms with Gasteiger partial charge in [0.05, 0.1) is 5.69 Å². The molecule has 1 aromatic carbocycles. The minimum Gasteiger partial charge on any atom is -0.506 e. The number of hydrogen-bond acceptors (Lipinski definition) is 2. The molecule has 0 aliphatic rings. The molecule has 0 aliphatic carbocycles. The summed E-state index contributed by atoms with van der Waals surface area (Å²) in [6, 6.07) is 6.85. The first-order chi connectivity index (χ1) is 11.7. The van der Waals surface area contributed by atoms with Crippen LogP contribution in [0.3, 0.4) is 0 Å². The van der Waals surface area contributed by atoms with Gasteiger partial charge in [0.2, 0.25) is 5.91 Å². The number of benzene rings is 1. The lowest BCUT2D eigenvalue weighted by Gasteiger charge is -2.07. The van der Waals surface area contributed by atoms with Crippen molar-refractivity contribution in [2.24, 2.45) is 0 Å². The van der Waals surface area contributed by atoms with Crippen LogP contribution in [0, 0.1) is 0 Å². The molecule has 0 spiro atoms. The molecule has 0 aromatic heterocycles. The number of unbranched alkanes of at least 4 members (excludes halogenated alkanes) is 11. The summed E-state index contributed by atoms with van der Waals surface area (Å²) < 4.78 is 0. The van der Waals surface area contributed by atoms with Crippen LogP contribution in [-0.2, 0) is 4.79 Å². The Bertz CT molecular complexity index is 445. The van der Waals surface area contributed by atoms with Crippen molar-refractivity contribution in [3.05, 3.63) is 24.3 Å². The number of nitrogens with one attached hydrogen (secondary N) is 1. The topological polar surface area (TPSA) is 49.3 Å². The maximum absolute atomic E-state index is 11.8. The summed E-state index contributed by atoms with van der Waals surface area (Å²) in [5.41, 5.74) is 0.501. The first-order valence-electron chi connectivity index (χ1n) is 9.82. The van der Waals surface area contributed by atoms with Crippen molar-refractivity contribution in [1.29, 1.82) is 0 Å². The predicted octanol–water partition coefficient (Wildman–Crippen LogP) is 6.42. The number of phenols is 1. The zero-order chi connectivity index (χ0) is 17.5.